The molecule has 11 nitrogen and oxygen atoms in total. The van der Waals surface area contributed by atoms with Crippen LogP contribution in [0.15, 0.2) is 55.1 Å². The predicted octanol–water partition coefficient (Wildman–Crippen LogP) is 3.50. The first-order valence-corrected chi connectivity index (χ1v) is 13.2. The molecule has 41 heavy (non-hydrogen) atoms. The van der Waals surface area contributed by atoms with Crippen LogP contribution >= 0.6 is 0 Å². The smallest absolute Gasteiger partial charge is 0.347 e. The molecule has 3 aromatic heterocycles. The van der Waals surface area contributed by atoms with Crippen molar-refractivity contribution in [1.29, 1.82) is 0 Å². The van der Waals surface area contributed by atoms with Crippen molar-refractivity contribution in [2.45, 2.75) is 64.0 Å². The molecule has 1 saturated carbocycles. The number of nitrogens with zero attached hydrogens (tertiary/aromatic N) is 7. The molecule has 0 saturated heterocycles. The van der Waals surface area contributed by atoms with Crippen LogP contribution < -0.4 is 10.6 Å². The molecule has 5 rings (SSSR count). The van der Waals surface area contributed by atoms with Gasteiger partial charge in [-0.1, -0.05) is 34.7 Å². The van der Waals surface area contributed by atoms with Gasteiger partial charge in [0.05, 0.1) is 18.0 Å². The second-order valence-electron chi connectivity index (χ2n) is 9.91. The van der Waals surface area contributed by atoms with Gasteiger partial charge in [-0.25, -0.2) is 0 Å². The highest BCUT2D eigenvalue weighted by atomic mass is 19.4. The van der Waals surface area contributed by atoms with Gasteiger partial charge >= 0.3 is 6.18 Å². The maximum absolute atomic E-state index is 12.8. The number of pyridine rings is 1. The van der Waals surface area contributed by atoms with Crippen molar-refractivity contribution >= 4 is 11.8 Å². The molecule has 0 spiro atoms. The van der Waals surface area contributed by atoms with E-state index in [1.165, 1.54) is 35.5 Å². The number of nitrogens with one attached hydrogen (secondary N) is 2. The van der Waals surface area contributed by atoms with Gasteiger partial charge in [-0.15, -0.1) is 10.2 Å². The maximum Gasteiger partial charge on any atom is 0.417 e. The fraction of sp³-hybridized carbons (Fsp3) is 0.370. The molecule has 0 aliphatic heterocycles. The molecule has 14 heteroatoms. The Kier molecular flexibility index (Phi) is 8.36. The molecular weight excluding hydrogens is 539 g/mol. The van der Waals surface area contributed by atoms with Crippen molar-refractivity contribution < 1.29 is 22.8 Å². The number of alkyl halides is 3. The highest BCUT2D eigenvalue weighted by molar-refractivity contribution is 5.92. The minimum atomic E-state index is -4.51. The van der Waals surface area contributed by atoms with Crippen molar-refractivity contribution in [2.75, 3.05) is 0 Å². The number of unbranched alkanes of at least 4 members (excludes halogenated alkanes) is 1. The van der Waals surface area contributed by atoms with Gasteiger partial charge in [-0.05, 0) is 54.4 Å². The fourth-order valence-corrected chi connectivity index (χ4v) is 4.23. The Morgan fingerprint density at radius 2 is 1.46 bits per heavy atom. The van der Waals surface area contributed by atoms with Crippen LogP contribution in [0.2, 0.25) is 0 Å². The Balaban J connectivity index is 1.02. The summed E-state index contributed by atoms with van der Waals surface area (Å²) in [6.45, 7) is 1.32. The summed E-state index contributed by atoms with van der Waals surface area (Å²) in [7, 11) is 0. The fourth-order valence-electron chi connectivity index (χ4n) is 4.23. The van der Waals surface area contributed by atoms with E-state index in [0.717, 1.165) is 17.8 Å². The Morgan fingerprint density at radius 3 is 2.05 bits per heavy atom. The van der Waals surface area contributed by atoms with Gasteiger partial charge in [0.2, 0.25) is 0 Å². The van der Waals surface area contributed by atoms with Gasteiger partial charge in [0, 0.05) is 38.6 Å². The topological polar surface area (TPSA) is 133 Å². The van der Waals surface area contributed by atoms with Gasteiger partial charge < -0.3 is 10.6 Å². The number of carbonyl (C=O) groups is 2. The number of benzene rings is 1. The summed E-state index contributed by atoms with van der Waals surface area (Å²) in [4.78, 5) is 28.4. The lowest BCUT2D eigenvalue weighted by Crippen LogP contribution is -2.23. The standard InChI is InChI=1S/C27H28F3N9O2/c28-27(29,30)22-11-19(12-31-15-22)14-33-26(41)24-17-39(37-35-24)9-2-1-8-38-16-23(34-36-38)25(40)32-13-18-4-3-5-21(10-18)20-6-7-20/h3-5,10-12,15-17,20H,1-2,6-9,13-14H2,(H,32,40)(H,33,41). The summed E-state index contributed by atoms with van der Waals surface area (Å²) in [5, 5.41) is 21.2. The van der Waals surface area contributed by atoms with Gasteiger partial charge in [0.1, 0.15) is 0 Å². The van der Waals surface area contributed by atoms with Gasteiger partial charge in [0.15, 0.2) is 11.4 Å². The van der Waals surface area contributed by atoms with Crippen LogP contribution in [0.4, 0.5) is 13.2 Å². The summed E-state index contributed by atoms with van der Waals surface area (Å²) >= 11 is 0. The molecule has 1 aliphatic rings. The second kappa shape index (κ2) is 12.3. The first-order chi connectivity index (χ1) is 19.7. The van der Waals surface area contributed by atoms with E-state index < -0.39 is 17.6 Å². The van der Waals surface area contributed by atoms with Crippen LogP contribution in [0.3, 0.4) is 0 Å². The van der Waals surface area contributed by atoms with Crippen molar-refractivity contribution in [3.8, 4) is 0 Å². The van der Waals surface area contributed by atoms with Crippen LogP contribution in [0.5, 0.6) is 0 Å². The zero-order chi connectivity index (χ0) is 28.8. The molecule has 214 valence electrons. The van der Waals surface area contributed by atoms with Crippen LogP contribution in [-0.4, -0.2) is 46.8 Å². The van der Waals surface area contributed by atoms with Crippen LogP contribution in [0.1, 0.15) is 74.8 Å². The average molecular weight is 568 g/mol. The zero-order valence-electron chi connectivity index (χ0n) is 22.0. The van der Waals surface area contributed by atoms with E-state index in [1.54, 1.807) is 10.9 Å². The van der Waals surface area contributed by atoms with Crippen LogP contribution in [-0.2, 0) is 32.4 Å². The first kappa shape index (κ1) is 27.9. The summed E-state index contributed by atoms with van der Waals surface area (Å²) in [6.07, 6.45) is 4.40. The van der Waals surface area contributed by atoms with Crippen molar-refractivity contribution in [1.82, 2.24) is 45.6 Å². The van der Waals surface area contributed by atoms with Crippen molar-refractivity contribution in [3.05, 3.63) is 88.8 Å². The predicted molar refractivity (Wildman–Crippen MR) is 139 cm³/mol. The second-order valence-corrected chi connectivity index (χ2v) is 9.91. The number of rotatable bonds is 12. The van der Waals surface area contributed by atoms with Gasteiger partial charge in [0.25, 0.3) is 11.8 Å². The van der Waals surface area contributed by atoms with E-state index in [4.69, 9.17) is 0 Å². The lowest BCUT2D eigenvalue weighted by atomic mass is 10.1. The SMILES string of the molecule is O=C(NCc1cccc(C2CC2)c1)c1cn(CCCCn2cc(C(=O)NCc3cncc(C(F)(F)F)c3)nn2)nn1. The normalized spacial score (nSPS) is 13.2. The Morgan fingerprint density at radius 1 is 0.854 bits per heavy atom. The quantitative estimate of drug-likeness (QED) is 0.251. The number of aryl methyl sites for hydroxylation is 2. The molecule has 1 aliphatic carbocycles. The number of aromatic nitrogens is 7. The van der Waals surface area contributed by atoms with E-state index in [0.29, 0.717) is 38.4 Å². The van der Waals surface area contributed by atoms with E-state index in [9.17, 15) is 22.8 Å². The van der Waals surface area contributed by atoms with E-state index in [-0.39, 0.29) is 29.4 Å². The first-order valence-electron chi connectivity index (χ1n) is 13.2. The Bertz CT molecular complexity index is 1510. The summed E-state index contributed by atoms with van der Waals surface area (Å²) in [5.74, 6) is -0.190. The van der Waals surface area contributed by atoms with Crippen molar-refractivity contribution in [3.63, 3.8) is 0 Å². The third kappa shape index (κ3) is 7.74. The number of hydrogen-bond acceptors (Lipinski definition) is 7. The van der Waals surface area contributed by atoms with Gasteiger partial charge in [-0.3, -0.25) is 23.9 Å². The third-order valence-electron chi connectivity index (χ3n) is 6.60. The number of carbonyl (C=O) groups excluding carboxylic acids is 2. The molecule has 2 amide bonds. The van der Waals surface area contributed by atoms with E-state index in [2.05, 4.69) is 48.4 Å². The van der Waals surface area contributed by atoms with E-state index >= 15 is 0 Å². The minimum Gasteiger partial charge on any atom is -0.347 e. The monoisotopic (exact) mass is 567 g/mol. The van der Waals surface area contributed by atoms with Crippen LogP contribution in [0.25, 0.3) is 0 Å². The largest absolute Gasteiger partial charge is 0.417 e. The highest BCUT2D eigenvalue weighted by Gasteiger charge is 2.31. The summed E-state index contributed by atoms with van der Waals surface area (Å²) in [5.41, 5.74) is 2.00. The van der Waals surface area contributed by atoms with Crippen molar-refractivity contribution in [2.24, 2.45) is 0 Å². The molecule has 4 aromatic rings. The lowest BCUT2D eigenvalue weighted by Gasteiger charge is -2.08. The van der Waals surface area contributed by atoms with E-state index in [1.807, 2.05) is 12.1 Å². The summed E-state index contributed by atoms with van der Waals surface area (Å²) in [6, 6.07) is 9.20. The molecule has 0 unspecified atom stereocenters. The lowest BCUT2D eigenvalue weighted by molar-refractivity contribution is -0.137. The molecule has 0 radical (unpaired) electrons. The highest BCUT2D eigenvalue weighted by Crippen LogP contribution is 2.40. The minimum absolute atomic E-state index is 0.0520. The molecule has 2 N–H and O–H groups in total. The summed E-state index contributed by atoms with van der Waals surface area (Å²) < 4.78 is 41.6. The molecule has 1 fully saturated rings. The van der Waals surface area contributed by atoms with Gasteiger partial charge in [-0.2, -0.15) is 13.2 Å². The maximum atomic E-state index is 12.8. The molecule has 0 bridgehead atoms. The number of hydrogen-bond donors (Lipinski definition) is 2. The Hall–Kier alpha value is -4.62. The third-order valence-corrected chi connectivity index (χ3v) is 6.60. The molecule has 0 atom stereocenters. The number of halogens is 3. The molecule has 3 heterocycles. The van der Waals surface area contributed by atoms with Crippen LogP contribution in [0, 0.1) is 0 Å². The molecular formula is C27H28F3N9O2. The number of amides is 2. The zero-order valence-corrected chi connectivity index (χ0v) is 22.0. The Labute approximate surface area is 233 Å². The average Bonchev–Trinajstić information content (AvgIpc) is 3.52. The molecule has 1 aromatic carbocycles.